The summed E-state index contributed by atoms with van der Waals surface area (Å²) in [5.41, 5.74) is 0.179. The summed E-state index contributed by atoms with van der Waals surface area (Å²) in [4.78, 5) is 15.8. The van der Waals surface area contributed by atoms with Crippen LogP contribution in [0.4, 0.5) is 10.2 Å². The maximum absolute atomic E-state index is 13.2. The number of halogens is 3. The van der Waals surface area contributed by atoms with E-state index in [9.17, 15) is 9.18 Å². The molecule has 0 atom stereocenters. The van der Waals surface area contributed by atoms with Crippen LogP contribution >= 0.6 is 27.5 Å². The number of hydrogen-bond donors (Lipinski definition) is 1. The van der Waals surface area contributed by atoms with Crippen molar-refractivity contribution in [2.24, 2.45) is 0 Å². The summed E-state index contributed by atoms with van der Waals surface area (Å²) in [6.45, 7) is 0. The average Bonchev–Trinajstić information content (AvgIpc) is 2.32. The zero-order valence-electron chi connectivity index (χ0n) is 8.95. The van der Waals surface area contributed by atoms with Gasteiger partial charge in [-0.15, -0.1) is 0 Å². The lowest BCUT2D eigenvalue weighted by Gasteiger charge is -2.05. The Morgan fingerprint density at radius 1 is 1.33 bits per heavy atom. The lowest BCUT2D eigenvalue weighted by atomic mass is 10.2. The first-order valence-electron chi connectivity index (χ1n) is 4.94. The summed E-state index contributed by atoms with van der Waals surface area (Å²) < 4.78 is 14.0. The molecule has 0 aliphatic carbocycles. The Morgan fingerprint density at radius 2 is 2.11 bits per heavy atom. The molecule has 0 saturated heterocycles. The number of nitrogens with one attached hydrogen (secondary N) is 1. The summed E-state index contributed by atoms with van der Waals surface area (Å²) in [5.74, 6) is -0.701. The minimum atomic E-state index is -0.633. The minimum Gasteiger partial charge on any atom is -0.307 e. The standard InChI is InChI=1S/C12H7BrClFN2O/c13-8-3-4-16-11(6-8)17-12(18)7-1-2-9(14)10(15)5-7/h1-6H,(H,16,17,18). The predicted molar refractivity (Wildman–Crippen MR) is 71.3 cm³/mol. The third-order valence-corrected chi connectivity index (χ3v) is 2.95. The van der Waals surface area contributed by atoms with Crippen LogP contribution in [0.25, 0.3) is 0 Å². The van der Waals surface area contributed by atoms with Crippen LogP contribution in [0.15, 0.2) is 41.0 Å². The number of amides is 1. The van der Waals surface area contributed by atoms with Crippen LogP contribution < -0.4 is 5.32 Å². The average molecular weight is 330 g/mol. The molecule has 3 nitrogen and oxygen atoms in total. The van der Waals surface area contributed by atoms with Crippen LogP contribution in [0.2, 0.25) is 5.02 Å². The molecular weight excluding hydrogens is 322 g/mol. The van der Waals surface area contributed by atoms with E-state index in [2.05, 4.69) is 26.2 Å². The highest BCUT2D eigenvalue weighted by molar-refractivity contribution is 9.10. The van der Waals surface area contributed by atoms with E-state index in [0.717, 1.165) is 10.5 Å². The van der Waals surface area contributed by atoms with Crippen molar-refractivity contribution in [3.63, 3.8) is 0 Å². The molecule has 1 aromatic heterocycles. The number of nitrogens with zero attached hydrogens (tertiary/aromatic N) is 1. The molecule has 0 radical (unpaired) electrons. The van der Waals surface area contributed by atoms with Crippen LogP contribution in [0.3, 0.4) is 0 Å². The molecular formula is C12H7BrClFN2O. The zero-order chi connectivity index (χ0) is 13.1. The molecule has 1 N–H and O–H groups in total. The van der Waals surface area contributed by atoms with E-state index in [0.29, 0.717) is 5.82 Å². The van der Waals surface area contributed by atoms with Crippen molar-refractivity contribution in [3.05, 3.63) is 57.4 Å². The largest absolute Gasteiger partial charge is 0.307 e. The van der Waals surface area contributed by atoms with E-state index in [1.165, 1.54) is 12.1 Å². The fraction of sp³-hybridized carbons (Fsp3) is 0. The Morgan fingerprint density at radius 3 is 2.78 bits per heavy atom. The number of anilines is 1. The lowest BCUT2D eigenvalue weighted by Crippen LogP contribution is -2.13. The second-order valence-electron chi connectivity index (χ2n) is 3.44. The maximum atomic E-state index is 13.2. The summed E-state index contributed by atoms with van der Waals surface area (Å²) in [6, 6.07) is 7.23. The molecule has 0 spiro atoms. The van der Waals surface area contributed by atoms with Crippen molar-refractivity contribution in [3.8, 4) is 0 Å². The fourth-order valence-corrected chi connectivity index (χ4v) is 1.75. The fourth-order valence-electron chi connectivity index (χ4n) is 1.30. The maximum Gasteiger partial charge on any atom is 0.256 e. The van der Waals surface area contributed by atoms with Gasteiger partial charge in [-0.05, 0) is 30.3 Å². The summed E-state index contributed by atoms with van der Waals surface area (Å²) in [6.07, 6.45) is 1.54. The second kappa shape index (κ2) is 5.46. The van der Waals surface area contributed by atoms with Crippen molar-refractivity contribution in [1.29, 1.82) is 0 Å². The highest BCUT2D eigenvalue weighted by Gasteiger charge is 2.09. The molecule has 18 heavy (non-hydrogen) atoms. The Labute approximate surface area is 116 Å². The van der Waals surface area contributed by atoms with Gasteiger partial charge in [0.05, 0.1) is 5.02 Å². The number of pyridine rings is 1. The molecule has 1 heterocycles. The number of carbonyl (C=O) groups excluding carboxylic acids is 1. The summed E-state index contributed by atoms with van der Waals surface area (Å²) >= 11 is 8.80. The van der Waals surface area contributed by atoms with Gasteiger partial charge in [0.25, 0.3) is 5.91 Å². The Hall–Kier alpha value is -1.46. The molecule has 92 valence electrons. The van der Waals surface area contributed by atoms with Gasteiger partial charge >= 0.3 is 0 Å². The van der Waals surface area contributed by atoms with E-state index in [1.54, 1.807) is 18.3 Å². The Kier molecular flexibility index (Phi) is 3.93. The second-order valence-corrected chi connectivity index (χ2v) is 4.77. The van der Waals surface area contributed by atoms with Crippen molar-refractivity contribution in [2.75, 3.05) is 5.32 Å². The third kappa shape index (κ3) is 3.05. The molecule has 1 aromatic carbocycles. The Bertz CT molecular complexity index is 606. The molecule has 0 aliphatic rings. The zero-order valence-corrected chi connectivity index (χ0v) is 11.3. The van der Waals surface area contributed by atoms with Crippen molar-refractivity contribution < 1.29 is 9.18 Å². The molecule has 6 heteroatoms. The van der Waals surface area contributed by atoms with E-state index in [1.807, 2.05) is 0 Å². The van der Waals surface area contributed by atoms with E-state index in [-0.39, 0.29) is 10.6 Å². The van der Waals surface area contributed by atoms with Gasteiger partial charge < -0.3 is 5.32 Å². The first-order valence-corrected chi connectivity index (χ1v) is 6.11. The number of aromatic nitrogens is 1. The van der Waals surface area contributed by atoms with Gasteiger partial charge in [-0.3, -0.25) is 4.79 Å². The van der Waals surface area contributed by atoms with Crippen LogP contribution in [0.1, 0.15) is 10.4 Å². The molecule has 1 amide bonds. The number of carbonyl (C=O) groups is 1. The molecule has 0 fully saturated rings. The lowest BCUT2D eigenvalue weighted by molar-refractivity contribution is 0.102. The highest BCUT2D eigenvalue weighted by Crippen LogP contribution is 2.17. The van der Waals surface area contributed by atoms with Crippen LogP contribution in [0, 0.1) is 5.82 Å². The molecule has 2 rings (SSSR count). The van der Waals surface area contributed by atoms with Gasteiger partial charge in [0.15, 0.2) is 0 Å². The van der Waals surface area contributed by atoms with Gasteiger partial charge in [0, 0.05) is 16.2 Å². The SMILES string of the molecule is O=C(Nc1cc(Br)ccn1)c1ccc(Cl)c(F)c1. The van der Waals surface area contributed by atoms with Crippen LogP contribution in [-0.4, -0.2) is 10.9 Å². The monoisotopic (exact) mass is 328 g/mol. The van der Waals surface area contributed by atoms with E-state index >= 15 is 0 Å². The molecule has 0 saturated carbocycles. The van der Waals surface area contributed by atoms with E-state index in [4.69, 9.17) is 11.6 Å². The van der Waals surface area contributed by atoms with Crippen LogP contribution in [0.5, 0.6) is 0 Å². The highest BCUT2D eigenvalue weighted by atomic mass is 79.9. The third-order valence-electron chi connectivity index (χ3n) is 2.15. The quantitative estimate of drug-likeness (QED) is 0.908. The summed E-state index contributed by atoms with van der Waals surface area (Å²) in [7, 11) is 0. The van der Waals surface area contributed by atoms with Gasteiger partial charge in [-0.2, -0.15) is 0 Å². The minimum absolute atomic E-state index is 0.0212. The first-order chi connectivity index (χ1) is 8.56. The van der Waals surface area contributed by atoms with Crippen molar-refractivity contribution >= 4 is 39.3 Å². The number of hydrogen-bond acceptors (Lipinski definition) is 2. The number of benzene rings is 1. The smallest absolute Gasteiger partial charge is 0.256 e. The molecule has 0 unspecified atom stereocenters. The number of rotatable bonds is 2. The van der Waals surface area contributed by atoms with Crippen molar-refractivity contribution in [2.45, 2.75) is 0 Å². The molecule has 2 aromatic rings. The Balaban J connectivity index is 2.19. The topological polar surface area (TPSA) is 42.0 Å². The predicted octanol–water partition coefficient (Wildman–Crippen LogP) is 3.89. The van der Waals surface area contributed by atoms with Gasteiger partial charge in [-0.1, -0.05) is 27.5 Å². The van der Waals surface area contributed by atoms with Gasteiger partial charge in [0.1, 0.15) is 11.6 Å². The van der Waals surface area contributed by atoms with Crippen LogP contribution in [-0.2, 0) is 0 Å². The summed E-state index contributed by atoms with van der Waals surface area (Å²) in [5, 5.41) is 2.53. The van der Waals surface area contributed by atoms with E-state index < -0.39 is 11.7 Å². The molecule has 0 aliphatic heterocycles. The van der Waals surface area contributed by atoms with Gasteiger partial charge in [-0.25, -0.2) is 9.37 Å². The van der Waals surface area contributed by atoms with Crippen molar-refractivity contribution in [1.82, 2.24) is 4.98 Å². The van der Waals surface area contributed by atoms with Gasteiger partial charge in [0.2, 0.25) is 0 Å². The molecule has 0 bridgehead atoms. The first kappa shape index (κ1) is 13.0. The normalized spacial score (nSPS) is 10.2.